The zero-order valence-corrected chi connectivity index (χ0v) is 13.7. The van der Waals surface area contributed by atoms with E-state index in [0.717, 1.165) is 10.2 Å². The van der Waals surface area contributed by atoms with E-state index in [1.54, 1.807) is 16.8 Å². The summed E-state index contributed by atoms with van der Waals surface area (Å²) in [6.45, 7) is 3.38. The minimum atomic E-state index is -0.0187. The number of nitrogens with zero attached hydrogens (tertiary/aromatic N) is 1. The van der Waals surface area contributed by atoms with Gasteiger partial charge in [-0.3, -0.25) is 4.79 Å². The summed E-state index contributed by atoms with van der Waals surface area (Å²) in [6.07, 6.45) is 1.80. The van der Waals surface area contributed by atoms with Gasteiger partial charge in [0.1, 0.15) is 0 Å². The summed E-state index contributed by atoms with van der Waals surface area (Å²) in [5.74, 6) is 0. The molecule has 0 spiro atoms. The fourth-order valence-electron chi connectivity index (χ4n) is 1.81. The van der Waals surface area contributed by atoms with Gasteiger partial charge in [0.15, 0.2) is 0 Å². The van der Waals surface area contributed by atoms with Crippen LogP contribution in [0.5, 0.6) is 0 Å². The Hall–Kier alpha value is -1.07. The van der Waals surface area contributed by atoms with Gasteiger partial charge in [0, 0.05) is 29.4 Å². The second kappa shape index (κ2) is 6.39. The third-order valence-electron chi connectivity index (χ3n) is 2.82. The topological polar surface area (TPSA) is 34.0 Å². The molecule has 0 amide bonds. The highest BCUT2D eigenvalue weighted by Crippen LogP contribution is 2.14. The van der Waals surface area contributed by atoms with Crippen molar-refractivity contribution in [3.8, 4) is 0 Å². The minimum Gasteiger partial charge on any atom is -0.383 e. The largest absolute Gasteiger partial charge is 0.383 e. The fourth-order valence-corrected chi connectivity index (χ4v) is 3.07. The van der Waals surface area contributed by atoms with Gasteiger partial charge in [-0.1, -0.05) is 18.2 Å². The average molecular weight is 386 g/mol. The van der Waals surface area contributed by atoms with Crippen molar-refractivity contribution in [2.45, 2.75) is 13.5 Å². The molecule has 1 aromatic carbocycles. The van der Waals surface area contributed by atoms with Crippen molar-refractivity contribution >= 4 is 37.5 Å². The van der Waals surface area contributed by atoms with Crippen molar-refractivity contribution in [2.75, 3.05) is 11.9 Å². The molecule has 3 nitrogen and oxygen atoms in total. The first-order chi connectivity index (χ1) is 9.08. The molecule has 0 atom stereocenters. The number of aromatic nitrogens is 1. The van der Waals surface area contributed by atoms with Crippen LogP contribution in [0, 0.1) is 6.92 Å². The summed E-state index contributed by atoms with van der Waals surface area (Å²) in [5.41, 5.74) is 2.28. The predicted octanol–water partition coefficient (Wildman–Crippen LogP) is 3.79. The van der Waals surface area contributed by atoms with E-state index in [2.05, 4.69) is 50.2 Å². The first-order valence-corrected chi connectivity index (χ1v) is 7.51. The molecule has 19 heavy (non-hydrogen) atoms. The lowest BCUT2D eigenvalue weighted by atomic mass is 10.2. The number of anilines is 1. The van der Waals surface area contributed by atoms with E-state index < -0.39 is 0 Å². The van der Waals surface area contributed by atoms with Crippen LogP contribution in [-0.2, 0) is 6.54 Å². The van der Waals surface area contributed by atoms with Crippen molar-refractivity contribution in [1.29, 1.82) is 0 Å². The number of hydrogen-bond donors (Lipinski definition) is 1. The molecule has 1 heterocycles. The van der Waals surface area contributed by atoms with Crippen LogP contribution in [0.15, 0.2) is 50.3 Å². The molecular formula is C14H14Br2N2O. The van der Waals surface area contributed by atoms with E-state index in [4.69, 9.17) is 0 Å². The standard InChI is InChI=1S/C14H14Br2N2O/c1-10-4-2-3-5-13(10)17-6-7-18-9-11(15)8-12(16)14(18)19/h2-5,8-9,17H,6-7H2,1H3. The molecule has 0 radical (unpaired) electrons. The van der Waals surface area contributed by atoms with Gasteiger partial charge in [-0.2, -0.15) is 0 Å². The number of pyridine rings is 1. The molecule has 0 saturated carbocycles. The van der Waals surface area contributed by atoms with E-state index >= 15 is 0 Å². The Balaban J connectivity index is 2.04. The first-order valence-electron chi connectivity index (χ1n) is 5.93. The normalized spacial score (nSPS) is 10.5. The van der Waals surface area contributed by atoms with Crippen LogP contribution in [0.2, 0.25) is 0 Å². The minimum absolute atomic E-state index is 0.0187. The Bertz CT molecular complexity index is 638. The van der Waals surface area contributed by atoms with Crippen LogP contribution >= 0.6 is 31.9 Å². The Labute approximate surface area is 128 Å². The first kappa shape index (κ1) is 14.3. The molecule has 0 fully saturated rings. The molecule has 0 unspecified atom stereocenters. The van der Waals surface area contributed by atoms with E-state index in [1.807, 2.05) is 18.2 Å². The van der Waals surface area contributed by atoms with Crippen LogP contribution in [0.25, 0.3) is 0 Å². The highest BCUT2D eigenvalue weighted by Gasteiger charge is 2.03. The van der Waals surface area contributed by atoms with Crippen LogP contribution < -0.4 is 10.9 Å². The van der Waals surface area contributed by atoms with Crippen LogP contribution in [0.4, 0.5) is 5.69 Å². The molecule has 0 aliphatic rings. The zero-order valence-electron chi connectivity index (χ0n) is 10.5. The highest BCUT2D eigenvalue weighted by atomic mass is 79.9. The molecule has 0 saturated heterocycles. The summed E-state index contributed by atoms with van der Waals surface area (Å²) in [4.78, 5) is 11.9. The lowest BCUT2D eigenvalue weighted by Crippen LogP contribution is -2.23. The molecule has 100 valence electrons. The van der Waals surface area contributed by atoms with E-state index in [1.165, 1.54) is 5.56 Å². The number of aryl methyl sites for hydroxylation is 1. The molecule has 2 aromatic rings. The zero-order chi connectivity index (χ0) is 13.8. The van der Waals surface area contributed by atoms with Crippen molar-refractivity contribution < 1.29 is 0 Å². The van der Waals surface area contributed by atoms with Crippen LogP contribution in [0.1, 0.15) is 5.56 Å². The summed E-state index contributed by atoms with van der Waals surface area (Å²) >= 11 is 6.65. The predicted molar refractivity (Wildman–Crippen MR) is 85.8 cm³/mol. The molecule has 2 rings (SSSR count). The molecule has 5 heteroatoms. The summed E-state index contributed by atoms with van der Waals surface area (Å²) in [6, 6.07) is 9.86. The molecule has 1 N–H and O–H groups in total. The molecule has 1 aromatic heterocycles. The molecular weight excluding hydrogens is 372 g/mol. The lowest BCUT2D eigenvalue weighted by Gasteiger charge is -2.11. The maximum absolute atomic E-state index is 11.9. The third-order valence-corrected chi connectivity index (χ3v) is 3.82. The Kier molecular flexibility index (Phi) is 4.82. The van der Waals surface area contributed by atoms with Gasteiger partial charge in [0.25, 0.3) is 5.56 Å². The maximum Gasteiger partial charge on any atom is 0.264 e. The Morgan fingerprint density at radius 3 is 2.74 bits per heavy atom. The van der Waals surface area contributed by atoms with E-state index in [-0.39, 0.29) is 5.56 Å². The van der Waals surface area contributed by atoms with Gasteiger partial charge < -0.3 is 9.88 Å². The van der Waals surface area contributed by atoms with Gasteiger partial charge in [-0.15, -0.1) is 0 Å². The SMILES string of the molecule is Cc1ccccc1NCCn1cc(Br)cc(Br)c1=O. The quantitative estimate of drug-likeness (QED) is 0.868. The second-order valence-corrected chi connectivity index (χ2v) is 6.02. The number of halogens is 2. The van der Waals surface area contributed by atoms with Gasteiger partial charge in [-0.05, 0) is 56.5 Å². The highest BCUT2D eigenvalue weighted by molar-refractivity contribution is 9.11. The van der Waals surface area contributed by atoms with Gasteiger partial charge in [-0.25, -0.2) is 0 Å². The number of nitrogens with one attached hydrogen (secondary N) is 1. The van der Waals surface area contributed by atoms with Gasteiger partial charge in [0.05, 0.1) is 4.47 Å². The average Bonchev–Trinajstić information content (AvgIpc) is 2.37. The van der Waals surface area contributed by atoms with Crippen molar-refractivity contribution in [1.82, 2.24) is 4.57 Å². The molecule has 0 aliphatic carbocycles. The third kappa shape index (κ3) is 3.70. The summed E-state index contributed by atoms with van der Waals surface area (Å²) in [5, 5.41) is 3.34. The van der Waals surface area contributed by atoms with Crippen LogP contribution in [-0.4, -0.2) is 11.1 Å². The summed E-state index contributed by atoms with van der Waals surface area (Å²) in [7, 11) is 0. The van der Waals surface area contributed by atoms with Crippen molar-refractivity contribution in [3.05, 3.63) is 61.4 Å². The monoisotopic (exact) mass is 384 g/mol. The van der Waals surface area contributed by atoms with E-state index in [9.17, 15) is 4.79 Å². The van der Waals surface area contributed by atoms with Crippen molar-refractivity contribution in [3.63, 3.8) is 0 Å². The number of para-hydroxylation sites is 1. The smallest absolute Gasteiger partial charge is 0.264 e. The van der Waals surface area contributed by atoms with Crippen molar-refractivity contribution in [2.24, 2.45) is 0 Å². The number of hydrogen-bond acceptors (Lipinski definition) is 2. The van der Waals surface area contributed by atoms with Gasteiger partial charge in [0.2, 0.25) is 0 Å². The fraction of sp³-hybridized carbons (Fsp3) is 0.214. The second-order valence-electron chi connectivity index (χ2n) is 4.25. The molecule has 0 aliphatic heterocycles. The maximum atomic E-state index is 11.9. The lowest BCUT2D eigenvalue weighted by molar-refractivity contribution is 0.691. The van der Waals surface area contributed by atoms with E-state index in [0.29, 0.717) is 17.6 Å². The number of rotatable bonds is 4. The molecule has 0 bridgehead atoms. The Morgan fingerprint density at radius 2 is 2.00 bits per heavy atom. The van der Waals surface area contributed by atoms with Crippen LogP contribution in [0.3, 0.4) is 0 Å². The Morgan fingerprint density at radius 1 is 1.26 bits per heavy atom. The summed E-state index contributed by atoms with van der Waals surface area (Å²) < 4.78 is 3.13. The number of benzene rings is 1. The van der Waals surface area contributed by atoms with Gasteiger partial charge >= 0.3 is 0 Å².